The van der Waals surface area contributed by atoms with Gasteiger partial charge < -0.3 is 10.6 Å². The second kappa shape index (κ2) is 6.56. The van der Waals surface area contributed by atoms with Gasteiger partial charge in [-0.1, -0.05) is 0 Å². The molecule has 9 heteroatoms. The average Bonchev–Trinajstić information content (AvgIpc) is 2.54. The molecule has 132 valence electrons. The molecule has 0 aliphatic carbocycles. The van der Waals surface area contributed by atoms with E-state index in [2.05, 4.69) is 0 Å². The first-order valence-electron chi connectivity index (χ1n) is 6.80. The average molecular weight is 354 g/mol. The van der Waals surface area contributed by atoms with Crippen LogP contribution in [0.1, 0.15) is 5.56 Å². The van der Waals surface area contributed by atoms with Crippen molar-refractivity contribution in [2.45, 2.75) is 12.5 Å². The van der Waals surface area contributed by atoms with E-state index in [1.165, 1.54) is 19.0 Å². The smallest absolute Gasteiger partial charge is 0.198 e. The number of halogens is 7. The number of nitrogens with two attached hydrogens (primary N) is 1. The Hall–Kier alpha value is -1.87. The number of hydrogen-bond donors (Lipinski definition) is 1. The van der Waals surface area contributed by atoms with Crippen LogP contribution in [0.15, 0.2) is 0 Å². The Kier molecular flexibility index (Phi) is 5.05. The highest BCUT2D eigenvalue weighted by atomic mass is 19.2. The van der Waals surface area contributed by atoms with E-state index in [4.69, 9.17) is 5.73 Å². The van der Waals surface area contributed by atoms with Crippen molar-refractivity contribution in [3.63, 3.8) is 0 Å². The molecule has 0 amide bonds. The zero-order valence-electron chi connectivity index (χ0n) is 12.7. The molecule has 0 aromatic heterocycles. The highest BCUT2D eigenvalue weighted by Crippen LogP contribution is 2.35. The summed E-state index contributed by atoms with van der Waals surface area (Å²) in [5, 5.41) is -2.65. The molecule has 2 N–H and O–H groups in total. The quantitative estimate of drug-likeness (QED) is 0.519. The van der Waals surface area contributed by atoms with Crippen molar-refractivity contribution in [1.29, 1.82) is 0 Å². The van der Waals surface area contributed by atoms with Crippen molar-refractivity contribution in [2.24, 2.45) is 5.73 Å². The minimum Gasteiger partial charge on any atom is -0.329 e. The molecule has 0 bridgehead atoms. The fourth-order valence-electron chi connectivity index (χ4n) is 2.47. The molecule has 2 aromatic rings. The van der Waals surface area contributed by atoms with Crippen LogP contribution in [-0.2, 0) is 6.42 Å². The van der Waals surface area contributed by atoms with Crippen molar-refractivity contribution in [2.75, 3.05) is 20.6 Å². The van der Waals surface area contributed by atoms with Gasteiger partial charge in [0.1, 0.15) is 0 Å². The molecular formula is C15H13F7N2. The Morgan fingerprint density at radius 2 is 1.12 bits per heavy atom. The van der Waals surface area contributed by atoms with Crippen LogP contribution in [0, 0.1) is 40.7 Å². The van der Waals surface area contributed by atoms with Crippen molar-refractivity contribution >= 4 is 10.8 Å². The molecule has 0 heterocycles. The molecule has 0 radical (unpaired) electrons. The molecule has 2 aromatic carbocycles. The second-order valence-electron chi connectivity index (χ2n) is 5.48. The highest BCUT2D eigenvalue weighted by molar-refractivity contribution is 5.88. The topological polar surface area (TPSA) is 29.3 Å². The number of likely N-dealkylation sites (N-methyl/N-ethyl adjacent to an activating group) is 1. The molecule has 0 spiro atoms. The molecule has 1 atom stereocenters. The Morgan fingerprint density at radius 3 is 1.54 bits per heavy atom. The molecule has 0 aliphatic heterocycles. The molecule has 0 fully saturated rings. The van der Waals surface area contributed by atoms with Gasteiger partial charge in [0.15, 0.2) is 40.7 Å². The summed E-state index contributed by atoms with van der Waals surface area (Å²) in [6, 6.07) is -0.664. The van der Waals surface area contributed by atoms with Crippen molar-refractivity contribution in [3.8, 4) is 0 Å². The number of hydrogen-bond acceptors (Lipinski definition) is 2. The minimum atomic E-state index is -2.31. The van der Waals surface area contributed by atoms with E-state index in [1.807, 2.05) is 0 Å². The van der Waals surface area contributed by atoms with Crippen molar-refractivity contribution in [3.05, 3.63) is 46.3 Å². The predicted octanol–water partition coefficient (Wildman–Crippen LogP) is 3.24. The molecule has 1 unspecified atom stereocenters. The number of rotatable bonds is 4. The van der Waals surface area contributed by atoms with E-state index in [1.54, 1.807) is 0 Å². The highest BCUT2D eigenvalue weighted by Gasteiger charge is 2.31. The molecule has 2 rings (SSSR count). The maximum Gasteiger partial charge on any atom is 0.198 e. The minimum absolute atomic E-state index is 0.0826. The summed E-state index contributed by atoms with van der Waals surface area (Å²) in [6.45, 7) is -0.0826. The van der Waals surface area contributed by atoms with E-state index in [-0.39, 0.29) is 6.54 Å². The Labute approximate surface area is 132 Å². The van der Waals surface area contributed by atoms with Gasteiger partial charge in [-0.25, -0.2) is 30.7 Å². The van der Waals surface area contributed by atoms with Crippen LogP contribution >= 0.6 is 0 Å². The van der Waals surface area contributed by atoms with Crippen molar-refractivity contribution in [1.82, 2.24) is 4.90 Å². The lowest BCUT2D eigenvalue weighted by atomic mass is 9.95. The SMILES string of the molecule is CN(C)C(CN)Cc1c(F)c(F)c(F)c2c(F)c(F)c(F)c(F)c12. The summed E-state index contributed by atoms with van der Waals surface area (Å²) < 4.78 is 96.3. The fraction of sp³-hybridized carbons (Fsp3) is 0.333. The monoisotopic (exact) mass is 354 g/mol. The number of benzene rings is 2. The predicted molar refractivity (Wildman–Crippen MR) is 73.9 cm³/mol. The lowest BCUT2D eigenvalue weighted by Gasteiger charge is -2.24. The molecule has 0 saturated carbocycles. The number of nitrogens with zero attached hydrogens (tertiary/aromatic N) is 1. The first-order chi connectivity index (χ1) is 11.1. The van der Waals surface area contributed by atoms with Crippen molar-refractivity contribution < 1.29 is 30.7 Å². The van der Waals surface area contributed by atoms with Gasteiger partial charge in [-0.3, -0.25) is 0 Å². The van der Waals surface area contributed by atoms with Gasteiger partial charge in [0, 0.05) is 23.5 Å². The molecule has 2 nitrogen and oxygen atoms in total. The number of fused-ring (bicyclic) bond motifs is 1. The third kappa shape index (κ3) is 2.71. The lowest BCUT2D eigenvalue weighted by molar-refractivity contribution is 0.294. The van der Waals surface area contributed by atoms with Crippen LogP contribution in [0.5, 0.6) is 0 Å². The van der Waals surface area contributed by atoms with Gasteiger partial charge in [-0.05, 0) is 20.5 Å². The Bertz CT molecular complexity index is 797. The molecule has 0 saturated heterocycles. The lowest BCUT2D eigenvalue weighted by Crippen LogP contribution is -2.37. The van der Waals surface area contributed by atoms with Crippen LogP contribution < -0.4 is 5.73 Å². The molecular weight excluding hydrogens is 341 g/mol. The molecule has 0 aliphatic rings. The summed E-state index contributed by atoms with van der Waals surface area (Å²) in [4.78, 5) is 1.49. The normalized spacial score (nSPS) is 13.1. The van der Waals surface area contributed by atoms with Crippen LogP contribution in [-0.4, -0.2) is 31.6 Å². The summed E-state index contributed by atoms with van der Waals surface area (Å²) >= 11 is 0. The van der Waals surface area contributed by atoms with Gasteiger partial charge in [0.25, 0.3) is 0 Å². The summed E-state index contributed by atoms with van der Waals surface area (Å²) in [5.41, 5.74) is 4.66. The van der Waals surface area contributed by atoms with Gasteiger partial charge in [0.05, 0.1) is 5.39 Å². The Balaban J connectivity index is 2.94. The largest absolute Gasteiger partial charge is 0.329 e. The maximum absolute atomic E-state index is 14.1. The first-order valence-corrected chi connectivity index (χ1v) is 6.80. The van der Waals surface area contributed by atoms with E-state index in [9.17, 15) is 30.7 Å². The van der Waals surface area contributed by atoms with Gasteiger partial charge in [-0.2, -0.15) is 0 Å². The maximum atomic E-state index is 14.1. The third-order valence-corrected chi connectivity index (χ3v) is 3.88. The zero-order valence-corrected chi connectivity index (χ0v) is 12.7. The van der Waals surface area contributed by atoms with E-state index < -0.39 is 69.5 Å². The van der Waals surface area contributed by atoms with Gasteiger partial charge in [0.2, 0.25) is 0 Å². The van der Waals surface area contributed by atoms with E-state index >= 15 is 0 Å². The van der Waals surface area contributed by atoms with Crippen LogP contribution in [0.3, 0.4) is 0 Å². The van der Waals surface area contributed by atoms with Crippen LogP contribution in [0.4, 0.5) is 30.7 Å². The van der Waals surface area contributed by atoms with E-state index in [0.29, 0.717) is 0 Å². The van der Waals surface area contributed by atoms with Crippen LogP contribution in [0.25, 0.3) is 10.8 Å². The van der Waals surface area contributed by atoms with Gasteiger partial charge in [-0.15, -0.1) is 0 Å². The third-order valence-electron chi connectivity index (χ3n) is 3.88. The second-order valence-corrected chi connectivity index (χ2v) is 5.48. The summed E-state index contributed by atoms with van der Waals surface area (Å²) in [6.07, 6.45) is -0.468. The van der Waals surface area contributed by atoms with E-state index in [0.717, 1.165) is 0 Å². The summed E-state index contributed by atoms with van der Waals surface area (Å²) in [5.74, 6) is -14.7. The van der Waals surface area contributed by atoms with Crippen LogP contribution in [0.2, 0.25) is 0 Å². The van der Waals surface area contributed by atoms with Gasteiger partial charge >= 0.3 is 0 Å². The first kappa shape index (κ1) is 18.5. The Morgan fingerprint density at radius 1 is 0.708 bits per heavy atom. The molecule has 24 heavy (non-hydrogen) atoms. The summed E-state index contributed by atoms with van der Waals surface area (Å²) in [7, 11) is 3.07. The standard InChI is InChI=1S/C15H13F7N2/c1-24(2)5(4-23)3-6-7-8(11(18)13(20)9(6)16)12(19)15(22)14(21)10(7)17/h5H,3-4,23H2,1-2H3. The fourth-order valence-corrected chi connectivity index (χ4v) is 2.47. The zero-order chi connectivity index (χ0) is 18.3.